The van der Waals surface area contributed by atoms with Gasteiger partial charge >= 0.3 is 25.8 Å². The van der Waals surface area contributed by atoms with Crippen molar-refractivity contribution in [3.05, 3.63) is 122 Å². The molecule has 150 valence electrons. The van der Waals surface area contributed by atoms with E-state index in [2.05, 4.69) is 92.7 Å². The molecule has 1 atom stereocenters. The first-order chi connectivity index (χ1) is 13.2. The Balaban J connectivity index is 0.00000150. The standard InChI is InChI=1S/C25H22N2.2CH3.Hf/c1-18(2)26-25(20-11-4-3-5-12-20)24-17-9-16-23(27-24)22-15-8-13-19-10-6-7-14-21(19)22;;;/h3-14,16-18,25H,1-2H3;2*1H3;/q-2;2*-1;+4. The molecule has 0 bridgehead atoms. The number of aromatic nitrogens is 1. The van der Waals surface area contributed by atoms with Crippen LogP contribution in [0.15, 0.2) is 84.9 Å². The fraction of sp³-hybridized carbons (Fsp3) is 0.148. The van der Waals surface area contributed by atoms with E-state index in [1.54, 1.807) is 0 Å². The summed E-state index contributed by atoms with van der Waals surface area (Å²) in [6.07, 6.45) is 0. The van der Waals surface area contributed by atoms with Gasteiger partial charge in [-0.2, -0.15) is 0 Å². The quantitative estimate of drug-likeness (QED) is 0.184. The van der Waals surface area contributed by atoms with Gasteiger partial charge < -0.3 is 25.2 Å². The minimum Gasteiger partial charge on any atom is -0.648 e. The van der Waals surface area contributed by atoms with E-state index >= 15 is 0 Å². The molecule has 1 heterocycles. The summed E-state index contributed by atoms with van der Waals surface area (Å²) in [5.41, 5.74) is 4.10. The predicted octanol–water partition coefficient (Wildman–Crippen LogP) is 7.47. The van der Waals surface area contributed by atoms with E-state index < -0.39 is 0 Å². The molecule has 3 heteroatoms. The number of fused-ring (bicyclic) bond motifs is 1. The van der Waals surface area contributed by atoms with Crippen molar-refractivity contribution in [2.45, 2.75) is 25.9 Å². The van der Waals surface area contributed by atoms with Gasteiger partial charge in [-0.15, -0.1) is 35.2 Å². The number of rotatable bonds is 5. The molecule has 0 spiro atoms. The van der Waals surface area contributed by atoms with Crippen LogP contribution >= 0.6 is 0 Å². The molecule has 0 N–H and O–H groups in total. The van der Waals surface area contributed by atoms with E-state index in [9.17, 15) is 0 Å². The zero-order valence-corrected chi connectivity index (χ0v) is 21.7. The van der Waals surface area contributed by atoms with E-state index in [1.807, 2.05) is 12.1 Å². The normalized spacial score (nSPS) is 11.2. The molecule has 0 saturated carbocycles. The van der Waals surface area contributed by atoms with Gasteiger partial charge in [-0.25, -0.2) is 0 Å². The summed E-state index contributed by atoms with van der Waals surface area (Å²) in [4.78, 5) is 5.00. The Morgan fingerprint density at radius 3 is 2.23 bits per heavy atom. The van der Waals surface area contributed by atoms with E-state index in [4.69, 9.17) is 10.3 Å². The van der Waals surface area contributed by atoms with Crippen LogP contribution in [-0.4, -0.2) is 11.0 Å². The topological polar surface area (TPSA) is 27.0 Å². The van der Waals surface area contributed by atoms with E-state index in [0.717, 1.165) is 22.5 Å². The van der Waals surface area contributed by atoms with Crippen LogP contribution in [0.3, 0.4) is 0 Å². The smallest absolute Gasteiger partial charge is 0.648 e. The molecular formula is C27H28HfN2. The summed E-state index contributed by atoms with van der Waals surface area (Å²) in [6.45, 7) is 4.22. The van der Waals surface area contributed by atoms with Crippen LogP contribution in [0.25, 0.3) is 27.3 Å². The van der Waals surface area contributed by atoms with Gasteiger partial charge in [0.25, 0.3) is 0 Å². The maximum absolute atomic E-state index is 5.00. The monoisotopic (exact) mass is 560 g/mol. The van der Waals surface area contributed by atoms with Crippen LogP contribution in [-0.2, 0) is 25.8 Å². The van der Waals surface area contributed by atoms with Gasteiger partial charge in [0.05, 0.1) is 0 Å². The van der Waals surface area contributed by atoms with Gasteiger partial charge in [0.15, 0.2) is 0 Å². The van der Waals surface area contributed by atoms with Crippen molar-refractivity contribution >= 4 is 10.8 Å². The van der Waals surface area contributed by atoms with Crippen molar-refractivity contribution in [2.75, 3.05) is 0 Å². The Labute approximate surface area is 200 Å². The van der Waals surface area contributed by atoms with Gasteiger partial charge in [0, 0.05) is 5.69 Å². The van der Waals surface area contributed by atoms with E-state index in [-0.39, 0.29) is 52.8 Å². The molecule has 1 aromatic heterocycles. The Hall–Kier alpha value is -2.10. The molecule has 2 nitrogen and oxygen atoms in total. The fourth-order valence-electron chi connectivity index (χ4n) is 3.38. The second kappa shape index (κ2) is 11.9. The van der Waals surface area contributed by atoms with Crippen LogP contribution in [0.4, 0.5) is 0 Å². The summed E-state index contributed by atoms with van der Waals surface area (Å²) in [5.74, 6) is 0. The maximum Gasteiger partial charge on any atom is 4.00 e. The molecule has 0 fully saturated rings. The van der Waals surface area contributed by atoms with Gasteiger partial charge in [-0.05, 0) is 11.8 Å². The van der Waals surface area contributed by atoms with Gasteiger partial charge in [0.1, 0.15) is 0 Å². The average Bonchev–Trinajstić information content (AvgIpc) is 2.72. The third-order valence-electron chi connectivity index (χ3n) is 4.59. The van der Waals surface area contributed by atoms with Crippen LogP contribution in [0.5, 0.6) is 0 Å². The van der Waals surface area contributed by atoms with Crippen molar-refractivity contribution in [3.63, 3.8) is 0 Å². The molecular weight excluding hydrogens is 531 g/mol. The minimum absolute atomic E-state index is 0. The molecule has 0 aliphatic rings. The Morgan fingerprint density at radius 2 is 1.50 bits per heavy atom. The SMILES string of the molecule is CC(C)[N-]C(c1ccccc1)c1cccc(-c2[c-]ccc3ccccc23)n1.[CH3-].[CH3-].[Hf+4]. The van der Waals surface area contributed by atoms with Gasteiger partial charge in [0.2, 0.25) is 0 Å². The molecule has 0 aliphatic carbocycles. The first kappa shape index (κ1) is 25.9. The third kappa shape index (κ3) is 5.74. The summed E-state index contributed by atoms with van der Waals surface area (Å²) in [5, 5.41) is 7.31. The first-order valence-corrected chi connectivity index (χ1v) is 9.34. The number of pyridine rings is 1. The van der Waals surface area contributed by atoms with Gasteiger partial charge in [-0.1, -0.05) is 97.6 Å². The largest absolute Gasteiger partial charge is 4.00 e. The first-order valence-electron chi connectivity index (χ1n) is 9.34. The zero-order chi connectivity index (χ0) is 18.6. The summed E-state index contributed by atoms with van der Waals surface area (Å²) >= 11 is 0. The Morgan fingerprint density at radius 1 is 0.800 bits per heavy atom. The molecule has 4 aromatic rings. The third-order valence-corrected chi connectivity index (χ3v) is 4.59. The maximum atomic E-state index is 5.00. The second-order valence-electron chi connectivity index (χ2n) is 6.94. The molecule has 0 saturated heterocycles. The van der Waals surface area contributed by atoms with Crippen molar-refractivity contribution in [1.29, 1.82) is 0 Å². The van der Waals surface area contributed by atoms with Crippen LogP contribution in [0.1, 0.15) is 31.1 Å². The van der Waals surface area contributed by atoms with E-state index in [0.29, 0.717) is 0 Å². The second-order valence-corrected chi connectivity index (χ2v) is 6.94. The number of hydrogen-bond acceptors (Lipinski definition) is 1. The van der Waals surface area contributed by atoms with Crippen molar-refractivity contribution < 1.29 is 25.8 Å². The molecule has 0 amide bonds. The number of nitrogens with zero attached hydrogens (tertiary/aromatic N) is 2. The molecule has 0 aliphatic heterocycles. The molecule has 4 rings (SSSR count). The fourth-order valence-corrected chi connectivity index (χ4v) is 3.38. The van der Waals surface area contributed by atoms with Crippen molar-refractivity contribution in [2.24, 2.45) is 0 Å². The Kier molecular flexibility index (Phi) is 10.3. The van der Waals surface area contributed by atoms with Crippen molar-refractivity contribution in [3.8, 4) is 11.3 Å². The van der Waals surface area contributed by atoms with Gasteiger partial charge in [-0.3, -0.25) is 0 Å². The predicted molar refractivity (Wildman–Crippen MR) is 126 cm³/mol. The Bertz CT molecular complexity index is 1040. The van der Waals surface area contributed by atoms with Crippen molar-refractivity contribution in [1.82, 2.24) is 4.98 Å². The summed E-state index contributed by atoms with van der Waals surface area (Å²) in [6, 6.07) is 32.5. The zero-order valence-electron chi connectivity index (χ0n) is 18.1. The molecule has 3 aromatic carbocycles. The summed E-state index contributed by atoms with van der Waals surface area (Å²) < 4.78 is 0. The molecule has 0 radical (unpaired) electrons. The van der Waals surface area contributed by atoms with Crippen LogP contribution in [0, 0.1) is 20.9 Å². The van der Waals surface area contributed by atoms with Crippen LogP contribution < -0.4 is 0 Å². The van der Waals surface area contributed by atoms with Crippen LogP contribution in [0.2, 0.25) is 0 Å². The molecule has 30 heavy (non-hydrogen) atoms. The minimum atomic E-state index is -0.0684. The van der Waals surface area contributed by atoms with E-state index in [1.165, 1.54) is 10.8 Å². The number of hydrogen-bond donors (Lipinski definition) is 0. The average molecular weight is 559 g/mol. The summed E-state index contributed by atoms with van der Waals surface area (Å²) in [7, 11) is 0. The molecule has 1 unspecified atom stereocenters. The number of benzene rings is 3.